The molecule has 1 aliphatic rings. The Balaban J connectivity index is 1.64. The fourth-order valence-electron chi connectivity index (χ4n) is 3.40. The minimum Gasteiger partial charge on any atom is -0.444 e. The van der Waals surface area contributed by atoms with Crippen molar-refractivity contribution >= 4 is 12.0 Å². The minimum atomic E-state index is -0.481. The zero-order valence-electron chi connectivity index (χ0n) is 17.9. The van der Waals surface area contributed by atoms with Gasteiger partial charge in [-0.3, -0.25) is 4.79 Å². The Bertz CT molecular complexity index is 645. The Morgan fingerprint density at radius 3 is 2.57 bits per heavy atom. The van der Waals surface area contributed by atoms with Crippen LogP contribution in [0.4, 0.5) is 4.79 Å². The third kappa shape index (κ3) is 7.14. The molecule has 0 saturated carbocycles. The number of nitrogens with zero attached hydrogens (tertiary/aromatic N) is 4. The van der Waals surface area contributed by atoms with E-state index in [0.29, 0.717) is 25.4 Å². The number of piperidine rings is 1. The van der Waals surface area contributed by atoms with Gasteiger partial charge in [-0.05, 0) is 40.7 Å². The van der Waals surface area contributed by atoms with Gasteiger partial charge in [0.2, 0.25) is 5.91 Å². The highest BCUT2D eigenvalue weighted by Crippen LogP contribution is 2.16. The van der Waals surface area contributed by atoms with Gasteiger partial charge in [-0.25, -0.2) is 9.78 Å². The molecule has 0 spiro atoms. The second-order valence-corrected chi connectivity index (χ2v) is 8.48. The van der Waals surface area contributed by atoms with Gasteiger partial charge in [0.1, 0.15) is 11.4 Å². The summed E-state index contributed by atoms with van der Waals surface area (Å²) in [6.07, 6.45) is 6.38. The maximum Gasteiger partial charge on any atom is 0.407 e. The summed E-state index contributed by atoms with van der Waals surface area (Å²) in [4.78, 5) is 32.7. The van der Waals surface area contributed by atoms with E-state index in [2.05, 4.69) is 22.2 Å². The van der Waals surface area contributed by atoms with Gasteiger partial charge in [0.15, 0.2) is 0 Å². The summed E-state index contributed by atoms with van der Waals surface area (Å²) >= 11 is 0. The number of hydrogen-bond donors (Lipinski definition) is 1. The van der Waals surface area contributed by atoms with Gasteiger partial charge < -0.3 is 24.4 Å². The summed E-state index contributed by atoms with van der Waals surface area (Å²) in [6.45, 7) is 8.44. The lowest BCUT2D eigenvalue weighted by Crippen LogP contribution is -2.47. The lowest BCUT2D eigenvalue weighted by atomic mass is 10.0. The SMILES string of the molecule is CN(CCNC(=O)OC(C)(C)C)C1CCN(C(=O)CCc2nccn2C)CC1. The molecule has 1 aromatic heterocycles. The zero-order chi connectivity index (χ0) is 20.7. The highest BCUT2D eigenvalue weighted by molar-refractivity contribution is 5.76. The third-order valence-corrected chi connectivity index (χ3v) is 5.06. The summed E-state index contributed by atoms with van der Waals surface area (Å²) in [6, 6.07) is 0.430. The molecule has 1 saturated heterocycles. The number of rotatable bonds is 7. The summed E-state index contributed by atoms with van der Waals surface area (Å²) in [5.41, 5.74) is -0.481. The molecular formula is C20H35N5O3. The fourth-order valence-corrected chi connectivity index (χ4v) is 3.40. The van der Waals surface area contributed by atoms with Crippen molar-refractivity contribution in [3.63, 3.8) is 0 Å². The Morgan fingerprint density at radius 1 is 1.32 bits per heavy atom. The van der Waals surface area contributed by atoms with Crippen molar-refractivity contribution in [1.82, 2.24) is 24.7 Å². The largest absolute Gasteiger partial charge is 0.444 e. The van der Waals surface area contributed by atoms with Gasteiger partial charge in [-0.1, -0.05) is 0 Å². The number of nitrogens with one attached hydrogen (secondary N) is 1. The Morgan fingerprint density at radius 2 is 2.00 bits per heavy atom. The van der Waals surface area contributed by atoms with E-state index in [0.717, 1.165) is 38.3 Å². The molecule has 0 radical (unpaired) electrons. The molecule has 158 valence electrons. The molecule has 0 aromatic carbocycles. The van der Waals surface area contributed by atoms with Crippen molar-refractivity contribution < 1.29 is 14.3 Å². The van der Waals surface area contributed by atoms with E-state index in [-0.39, 0.29) is 12.0 Å². The number of likely N-dealkylation sites (N-methyl/N-ethyl adjacent to an activating group) is 1. The van der Waals surface area contributed by atoms with Crippen LogP contribution in [0.25, 0.3) is 0 Å². The normalized spacial score (nSPS) is 15.7. The van der Waals surface area contributed by atoms with Gasteiger partial charge in [0, 0.05) is 64.5 Å². The van der Waals surface area contributed by atoms with Crippen molar-refractivity contribution in [3.8, 4) is 0 Å². The second-order valence-electron chi connectivity index (χ2n) is 8.48. The third-order valence-electron chi connectivity index (χ3n) is 5.06. The van der Waals surface area contributed by atoms with E-state index in [4.69, 9.17) is 4.74 Å². The number of amides is 2. The maximum absolute atomic E-state index is 12.5. The van der Waals surface area contributed by atoms with Crippen LogP contribution in [0.3, 0.4) is 0 Å². The van der Waals surface area contributed by atoms with E-state index < -0.39 is 5.60 Å². The van der Waals surface area contributed by atoms with Gasteiger partial charge in [-0.15, -0.1) is 0 Å². The lowest BCUT2D eigenvalue weighted by Gasteiger charge is -2.37. The highest BCUT2D eigenvalue weighted by atomic mass is 16.6. The molecule has 8 heteroatoms. The summed E-state index contributed by atoms with van der Waals surface area (Å²) in [5, 5.41) is 2.80. The Hall–Kier alpha value is -2.09. The van der Waals surface area contributed by atoms with Crippen LogP contribution in [0, 0.1) is 0 Å². The molecule has 2 rings (SSSR count). The molecule has 1 N–H and O–H groups in total. The topological polar surface area (TPSA) is 79.7 Å². The molecule has 1 fully saturated rings. The van der Waals surface area contributed by atoms with Crippen LogP contribution >= 0.6 is 0 Å². The van der Waals surface area contributed by atoms with Gasteiger partial charge in [0.05, 0.1) is 0 Å². The second kappa shape index (κ2) is 9.91. The van der Waals surface area contributed by atoms with Gasteiger partial charge >= 0.3 is 6.09 Å². The number of hydrogen-bond acceptors (Lipinski definition) is 5. The maximum atomic E-state index is 12.5. The fraction of sp³-hybridized carbons (Fsp3) is 0.750. The van der Waals surface area contributed by atoms with E-state index in [1.807, 2.05) is 43.5 Å². The first-order chi connectivity index (χ1) is 13.2. The van der Waals surface area contributed by atoms with Gasteiger partial charge in [0.25, 0.3) is 0 Å². The van der Waals surface area contributed by atoms with Crippen LogP contribution in [0.2, 0.25) is 0 Å². The lowest BCUT2D eigenvalue weighted by molar-refractivity contribution is -0.132. The predicted octanol–water partition coefficient (Wildman–Crippen LogP) is 1.80. The van der Waals surface area contributed by atoms with Crippen LogP contribution in [0.15, 0.2) is 12.4 Å². The van der Waals surface area contributed by atoms with Crippen LogP contribution in [-0.2, 0) is 23.0 Å². The average Bonchev–Trinajstić information content (AvgIpc) is 3.03. The predicted molar refractivity (Wildman–Crippen MR) is 108 cm³/mol. The molecule has 0 unspecified atom stereocenters. The first kappa shape index (κ1) is 22.2. The van der Waals surface area contributed by atoms with E-state index in [9.17, 15) is 9.59 Å². The van der Waals surface area contributed by atoms with Crippen LogP contribution in [0.1, 0.15) is 45.9 Å². The number of alkyl carbamates (subject to hydrolysis) is 1. The molecular weight excluding hydrogens is 358 g/mol. The molecule has 2 amide bonds. The molecule has 28 heavy (non-hydrogen) atoms. The monoisotopic (exact) mass is 393 g/mol. The molecule has 1 aliphatic heterocycles. The number of likely N-dealkylation sites (tertiary alicyclic amines) is 1. The minimum absolute atomic E-state index is 0.204. The van der Waals surface area contributed by atoms with Crippen LogP contribution in [0.5, 0.6) is 0 Å². The summed E-state index contributed by atoms with van der Waals surface area (Å²) in [7, 11) is 4.02. The molecule has 2 heterocycles. The first-order valence-corrected chi connectivity index (χ1v) is 10.1. The van der Waals surface area contributed by atoms with E-state index in [1.165, 1.54) is 0 Å². The number of carbonyl (C=O) groups excluding carboxylic acids is 2. The van der Waals surface area contributed by atoms with Gasteiger partial charge in [-0.2, -0.15) is 0 Å². The van der Waals surface area contributed by atoms with E-state index >= 15 is 0 Å². The first-order valence-electron chi connectivity index (χ1n) is 10.1. The van der Waals surface area contributed by atoms with Crippen molar-refractivity contribution in [1.29, 1.82) is 0 Å². The molecule has 1 aromatic rings. The van der Waals surface area contributed by atoms with Crippen molar-refractivity contribution in [2.45, 2.75) is 58.1 Å². The number of imidazole rings is 1. The number of carbonyl (C=O) groups is 2. The average molecular weight is 394 g/mol. The molecule has 8 nitrogen and oxygen atoms in total. The van der Waals surface area contributed by atoms with Crippen molar-refractivity contribution in [2.75, 3.05) is 33.2 Å². The van der Waals surface area contributed by atoms with E-state index in [1.54, 1.807) is 6.20 Å². The van der Waals surface area contributed by atoms with Crippen LogP contribution < -0.4 is 5.32 Å². The van der Waals surface area contributed by atoms with Crippen LogP contribution in [-0.4, -0.2) is 76.2 Å². The molecule has 0 aliphatic carbocycles. The molecule has 0 bridgehead atoms. The molecule has 0 atom stereocenters. The Labute approximate surface area is 168 Å². The number of aromatic nitrogens is 2. The summed E-state index contributed by atoms with van der Waals surface area (Å²) < 4.78 is 7.20. The highest BCUT2D eigenvalue weighted by Gasteiger charge is 2.25. The summed E-state index contributed by atoms with van der Waals surface area (Å²) in [5.74, 6) is 1.15. The number of ether oxygens (including phenoxy) is 1. The number of aryl methyl sites for hydroxylation is 2. The quantitative estimate of drug-likeness (QED) is 0.764. The van der Waals surface area contributed by atoms with Crippen molar-refractivity contribution in [2.24, 2.45) is 7.05 Å². The zero-order valence-corrected chi connectivity index (χ0v) is 17.9. The standard InChI is InChI=1S/C20H35N5O3/c1-20(2,3)28-19(27)22-11-14-23(4)16-8-12-25(13-9-16)18(26)7-6-17-21-10-15-24(17)5/h10,15-16H,6-9,11-14H2,1-5H3,(H,22,27). The van der Waals surface area contributed by atoms with Crippen molar-refractivity contribution in [3.05, 3.63) is 18.2 Å². The smallest absolute Gasteiger partial charge is 0.407 e. The Kier molecular flexibility index (Phi) is 7.86.